The Kier molecular flexibility index (Phi) is 15.6. The molecular formula is C15H26O2. The molecule has 0 spiro atoms. The van der Waals surface area contributed by atoms with Crippen molar-refractivity contribution in [2.45, 2.75) is 53.4 Å². The largest absolute Gasteiger partial charge is 0.478 e. The molecule has 2 heteroatoms. The first-order valence-electron chi connectivity index (χ1n) is 6.50. The highest BCUT2D eigenvalue weighted by molar-refractivity contribution is 5.87. The fourth-order valence-corrected chi connectivity index (χ4v) is 1.08. The Bertz CT molecular complexity index is 251. The molecule has 0 saturated heterocycles. The number of carboxylic acid groups (broad SMARTS) is 1. The van der Waals surface area contributed by atoms with Gasteiger partial charge in [-0.15, -0.1) is 0 Å². The van der Waals surface area contributed by atoms with Crippen molar-refractivity contribution in [2.75, 3.05) is 0 Å². The van der Waals surface area contributed by atoms with Gasteiger partial charge in [0.2, 0.25) is 0 Å². The molecule has 0 atom stereocenters. The molecule has 1 rings (SSSR count). The zero-order valence-electron chi connectivity index (χ0n) is 11.6. The molecule has 0 heterocycles. The highest BCUT2D eigenvalue weighted by atomic mass is 16.4. The third-order valence-corrected chi connectivity index (χ3v) is 1.98. The summed E-state index contributed by atoms with van der Waals surface area (Å²) in [4.78, 5) is 10.2. The smallest absolute Gasteiger partial charge is 0.335 e. The van der Waals surface area contributed by atoms with Gasteiger partial charge in [0.15, 0.2) is 0 Å². The SMILES string of the molecule is CC.CCCCCC.O=C(O)c1ccccc1. The highest BCUT2D eigenvalue weighted by Gasteiger charge is 1.96. The molecule has 0 bridgehead atoms. The van der Waals surface area contributed by atoms with E-state index in [1.165, 1.54) is 25.7 Å². The Morgan fingerprint density at radius 2 is 1.41 bits per heavy atom. The fourth-order valence-electron chi connectivity index (χ4n) is 1.08. The van der Waals surface area contributed by atoms with Gasteiger partial charge in [0.1, 0.15) is 0 Å². The van der Waals surface area contributed by atoms with E-state index in [0.29, 0.717) is 5.56 Å². The minimum atomic E-state index is -0.879. The first kappa shape index (κ1) is 18.1. The molecule has 0 radical (unpaired) electrons. The zero-order valence-corrected chi connectivity index (χ0v) is 11.6. The zero-order chi connectivity index (χ0) is 13.5. The number of unbranched alkanes of at least 4 members (excludes halogenated alkanes) is 3. The molecule has 0 aliphatic heterocycles. The molecule has 1 N–H and O–H groups in total. The highest BCUT2D eigenvalue weighted by Crippen LogP contribution is 1.96. The van der Waals surface area contributed by atoms with E-state index >= 15 is 0 Å². The number of rotatable bonds is 4. The summed E-state index contributed by atoms with van der Waals surface area (Å²) >= 11 is 0. The van der Waals surface area contributed by atoms with E-state index in [1.807, 2.05) is 13.8 Å². The number of carbonyl (C=O) groups is 1. The molecule has 2 nitrogen and oxygen atoms in total. The van der Waals surface area contributed by atoms with Crippen molar-refractivity contribution in [1.29, 1.82) is 0 Å². The van der Waals surface area contributed by atoms with Crippen molar-refractivity contribution in [1.82, 2.24) is 0 Å². The third-order valence-electron chi connectivity index (χ3n) is 1.98. The average Bonchev–Trinajstić information content (AvgIpc) is 2.40. The molecule has 0 aliphatic rings. The Morgan fingerprint density at radius 1 is 1.00 bits per heavy atom. The predicted molar refractivity (Wildman–Crippen MR) is 74.6 cm³/mol. The fraction of sp³-hybridized carbons (Fsp3) is 0.533. The molecule has 0 aromatic heterocycles. The second-order valence-corrected chi connectivity index (χ2v) is 3.38. The van der Waals surface area contributed by atoms with Crippen LogP contribution in [-0.4, -0.2) is 11.1 Å². The van der Waals surface area contributed by atoms with Crippen molar-refractivity contribution in [3.05, 3.63) is 35.9 Å². The van der Waals surface area contributed by atoms with Crippen LogP contribution < -0.4 is 0 Å². The van der Waals surface area contributed by atoms with Crippen LogP contribution in [0.15, 0.2) is 30.3 Å². The topological polar surface area (TPSA) is 37.3 Å². The normalized spacial score (nSPS) is 8.24. The first-order valence-corrected chi connectivity index (χ1v) is 6.50. The third kappa shape index (κ3) is 12.6. The van der Waals surface area contributed by atoms with Gasteiger partial charge >= 0.3 is 5.97 Å². The van der Waals surface area contributed by atoms with E-state index in [9.17, 15) is 4.79 Å². The van der Waals surface area contributed by atoms with Gasteiger partial charge in [0.25, 0.3) is 0 Å². The van der Waals surface area contributed by atoms with E-state index in [1.54, 1.807) is 30.3 Å². The van der Waals surface area contributed by atoms with Gasteiger partial charge in [0.05, 0.1) is 5.56 Å². The molecule has 1 aromatic rings. The number of hydrogen-bond donors (Lipinski definition) is 1. The van der Waals surface area contributed by atoms with Crippen molar-refractivity contribution >= 4 is 5.97 Å². The minimum absolute atomic E-state index is 0.331. The number of hydrogen-bond acceptors (Lipinski definition) is 1. The van der Waals surface area contributed by atoms with Crippen molar-refractivity contribution in [3.8, 4) is 0 Å². The van der Waals surface area contributed by atoms with Crippen molar-refractivity contribution in [3.63, 3.8) is 0 Å². The summed E-state index contributed by atoms with van der Waals surface area (Å²) in [5.41, 5.74) is 0.331. The van der Waals surface area contributed by atoms with E-state index in [4.69, 9.17) is 5.11 Å². The Balaban J connectivity index is 0. The lowest BCUT2D eigenvalue weighted by molar-refractivity contribution is 0.0697. The summed E-state index contributed by atoms with van der Waals surface area (Å²) in [5.74, 6) is -0.879. The van der Waals surface area contributed by atoms with E-state index in [0.717, 1.165) is 0 Å². The lowest BCUT2D eigenvalue weighted by Gasteiger charge is -1.88. The van der Waals surface area contributed by atoms with Crippen LogP contribution in [0.1, 0.15) is 63.7 Å². The monoisotopic (exact) mass is 238 g/mol. The molecule has 0 unspecified atom stereocenters. The lowest BCUT2D eigenvalue weighted by atomic mass is 10.2. The lowest BCUT2D eigenvalue weighted by Crippen LogP contribution is -1.93. The molecule has 1 aromatic carbocycles. The van der Waals surface area contributed by atoms with Crippen molar-refractivity contribution < 1.29 is 9.90 Å². The van der Waals surface area contributed by atoms with Gasteiger partial charge in [-0.25, -0.2) is 4.79 Å². The molecule has 17 heavy (non-hydrogen) atoms. The van der Waals surface area contributed by atoms with Crippen LogP contribution in [0.3, 0.4) is 0 Å². The molecule has 0 saturated carbocycles. The molecule has 0 amide bonds. The van der Waals surface area contributed by atoms with Gasteiger partial charge in [-0.1, -0.05) is 71.6 Å². The molecule has 0 fully saturated rings. The van der Waals surface area contributed by atoms with Gasteiger partial charge < -0.3 is 5.11 Å². The minimum Gasteiger partial charge on any atom is -0.478 e. The second kappa shape index (κ2) is 14.7. The molecule has 0 aliphatic carbocycles. The van der Waals surface area contributed by atoms with Gasteiger partial charge in [-0.2, -0.15) is 0 Å². The van der Waals surface area contributed by atoms with Gasteiger partial charge in [-0.05, 0) is 12.1 Å². The second-order valence-electron chi connectivity index (χ2n) is 3.38. The van der Waals surface area contributed by atoms with Crippen molar-refractivity contribution in [2.24, 2.45) is 0 Å². The predicted octanol–water partition coefficient (Wildman–Crippen LogP) is 5.00. The quantitative estimate of drug-likeness (QED) is 0.750. The Hall–Kier alpha value is -1.31. The van der Waals surface area contributed by atoms with Crippen LogP contribution in [0.2, 0.25) is 0 Å². The van der Waals surface area contributed by atoms with Gasteiger partial charge in [-0.3, -0.25) is 0 Å². The summed E-state index contributed by atoms with van der Waals surface area (Å²) in [6.07, 6.45) is 5.54. The van der Waals surface area contributed by atoms with Crippen LogP contribution in [-0.2, 0) is 0 Å². The number of aromatic carboxylic acids is 1. The summed E-state index contributed by atoms with van der Waals surface area (Å²) in [7, 11) is 0. The summed E-state index contributed by atoms with van der Waals surface area (Å²) in [6.45, 7) is 8.46. The molecular weight excluding hydrogens is 212 g/mol. The number of benzene rings is 1. The summed E-state index contributed by atoms with van der Waals surface area (Å²) < 4.78 is 0. The maximum absolute atomic E-state index is 10.2. The molecule has 98 valence electrons. The Morgan fingerprint density at radius 3 is 1.65 bits per heavy atom. The van der Waals surface area contributed by atoms with Crippen LogP contribution in [0, 0.1) is 0 Å². The van der Waals surface area contributed by atoms with E-state index < -0.39 is 5.97 Å². The standard InChI is InChI=1S/C7H6O2.C6H14.C2H6/c8-7(9)6-4-2-1-3-5-6;1-3-5-6-4-2;1-2/h1-5H,(H,8,9);3-6H2,1-2H3;1-2H3. The van der Waals surface area contributed by atoms with Crippen LogP contribution in [0.5, 0.6) is 0 Å². The van der Waals surface area contributed by atoms with Crippen LogP contribution in [0.25, 0.3) is 0 Å². The van der Waals surface area contributed by atoms with E-state index in [-0.39, 0.29) is 0 Å². The summed E-state index contributed by atoms with van der Waals surface area (Å²) in [6, 6.07) is 8.30. The van der Waals surface area contributed by atoms with E-state index in [2.05, 4.69) is 13.8 Å². The maximum Gasteiger partial charge on any atom is 0.335 e. The van der Waals surface area contributed by atoms with Gasteiger partial charge in [0, 0.05) is 0 Å². The maximum atomic E-state index is 10.2. The Labute approximate surface area is 106 Å². The summed E-state index contributed by atoms with van der Waals surface area (Å²) in [5, 5.41) is 8.38. The van der Waals surface area contributed by atoms with Crippen LogP contribution >= 0.6 is 0 Å². The first-order chi connectivity index (χ1) is 8.22. The number of carboxylic acids is 1. The average molecular weight is 238 g/mol. The van der Waals surface area contributed by atoms with Crippen LogP contribution in [0.4, 0.5) is 0 Å².